The molecule has 0 saturated carbocycles. The minimum Gasteiger partial charge on any atom is -0.483 e. The number of carbonyl (C=O) groups is 2. The van der Waals surface area contributed by atoms with Crippen molar-refractivity contribution in [2.24, 2.45) is 5.73 Å². The second-order valence-electron chi connectivity index (χ2n) is 7.63. The molecule has 3 aromatic rings. The van der Waals surface area contributed by atoms with Gasteiger partial charge in [-0.15, -0.1) is 0 Å². The lowest BCUT2D eigenvalue weighted by molar-refractivity contribution is -0.132. The maximum Gasteiger partial charge on any atom is 0.290 e. The van der Waals surface area contributed by atoms with Crippen LogP contribution < -0.4 is 5.73 Å². The maximum atomic E-state index is 13.9. The van der Waals surface area contributed by atoms with Crippen LogP contribution in [0.4, 0.5) is 4.39 Å². The number of hydrogen-bond donors (Lipinski definition) is 2. The summed E-state index contributed by atoms with van der Waals surface area (Å²) in [4.78, 5) is 23.1. The summed E-state index contributed by atoms with van der Waals surface area (Å²) >= 11 is 0. The standard InChI is InChI=1S/C23H25FN4O.CH2O2/c24-20-10-5-4-7-17(20)15-18(25)16-23(29)27-13-6-11-22(27)21-12-14-28(26-21)19-8-2-1-3-9-19;2-1-3/h1-5,7-10,12,14,18,22H,6,11,13,15-16,25H2;1H,(H,2,3)/t18?,22-;/m0./s1. The van der Waals surface area contributed by atoms with Gasteiger partial charge in [-0.05, 0) is 49.1 Å². The Kier molecular flexibility index (Phi) is 8.10. The first kappa shape index (κ1) is 23.1. The summed E-state index contributed by atoms with van der Waals surface area (Å²) in [6.07, 6.45) is 4.30. The fourth-order valence-electron chi connectivity index (χ4n) is 3.97. The highest BCUT2D eigenvalue weighted by Gasteiger charge is 2.32. The second-order valence-corrected chi connectivity index (χ2v) is 7.63. The zero-order chi connectivity index (χ0) is 22.9. The fraction of sp³-hybridized carbons (Fsp3) is 0.292. The molecule has 4 rings (SSSR count). The number of halogens is 1. The van der Waals surface area contributed by atoms with Crippen LogP contribution in [-0.4, -0.2) is 44.8 Å². The lowest BCUT2D eigenvalue weighted by Gasteiger charge is -2.25. The van der Waals surface area contributed by atoms with E-state index >= 15 is 0 Å². The first-order chi connectivity index (χ1) is 15.5. The van der Waals surface area contributed by atoms with Gasteiger partial charge in [0.05, 0.1) is 17.4 Å². The smallest absolute Gasteiger partial charge is 0.290 e. The van der Waals surface area contributed by atoms with Gasteiger partial charge in [0.2, 0.25) is 5.91 Å². The molecule has 1 fully saturated rings. The number of hydrogen-bond acceptors (Lipinski definition) is 4. The number of para-hydroxylation sites is 1. The summed E-state index contributed by atoms with van der Waals surface area (Å²) in [6.45, 7) is 0.452. The molecule has 1 aliphatic rings. The molecule has 2 atom stereocenters. The van der Waals surface area contributed by atoms with Gasteiger partial charge in [0.15, 0.2) is 0 Å². The summed E-state index contributed by atoms with van der Waals surface area (Å²) in [7, 11) is 0. The lowest BCUT2D eigenvalue weighted by atomic mass is 10.0. The quantitative estimate of drug-likeness (QED) is 0.575. The number of carbonyl (C=O) groups excluding carboxylic acids is 1. The van der Waals surface area contributed by atoms with E-state index in [-0.39, 0.29) is 30.7 Å². The molecule has 1 unspecified atom stereocenters. The van der Waals surface area contributed by atoms with Gasteiger partial charge in [0.25, 0.3) is 6.47 Å². The van der Waals surface area contributed by atoms with E-state index in [2.05, 4.69) is 0 Å². The van der Waals surface area contributed by atoms with Gasteiger partial charge in [-0.2, -0.15) is 5.10 Å². The Hall–Kier alpha value is -3.52. The topological polar surface area (TPSA) is 101 Å². The molecule has 2 aromatic carbocycles. The third kappa shape index (κ3) is 5.79. The predicted octanol–water partition coefficient (Wildman–Crippen LogP) is 3.34. The highest BCUT2D eigenvalue weighted by molar-refractivity contribution is 5.77. The average Bonchev–Trinajstić information content (AvgIpc) is 3.46. The van der Waals surface area contributed by atoms with Crippen molar-refractivity contribution >= 4 is 12.4 Å². The molecular weight excluding hydrogens is 411 g/mol. The molecule has 0 bridgehead atoms. The molecule has 1 aromatic heterocycles. The average molecular weight is 439 g/mol. The van der Waals surface area contributed by atoms with Crippen molar-refractivity contribution in [1.29, 1.82) is 0 Å². The van der Waals surface area contributed by atoms with E-state index in [1.807, 2.05) is 52.2 Å². The zero-order valence-corrected chi connectivity index (χ0v) is 17.7. The van der Waals surface area contributed by atoms with Crippen molar-refractivity contribution < 1.29 is 19.1 Å². The Bertz CT molecular complexity index is 1020. The molecule has 0 spiro atoms. The van der Waals surface area contributed by atoms with Crippen molar-refractivity contribution in [3.05, 3.63) is 83.9 Å². The largest absolute Gasteiger partial charge is 0.483 e. The van der Waals surface area contributed by atoms with Crippen LogP contribution in [0.25, 0.3) is 5.69 Å². The Labute approximate surface area is 186 Å². The van der Waals surface area contributed by atoms with E-state index in [4.69, 9.17) is 20.7 Å². The molecule has 3 N–H and O–H groups in total. The van der Waals surface area contributed by atoms with E-state index < -0.39 is 6.04 Å². The first-order valence-corrected chi connectivity index (χ1v) is 10.5. The monoisotopic (exact) mass is 438 g/mol. The van der Waals surface area contributed by atoms with Crippen molar-refractivity contribution in [1.82, 2.24) is 14.7 Å². The number of nitrogens with two attached hydrogens (primary N) is 1. The van der Waals surface area contributed by atoms with E-state index in [0.29, 0.717) is 18.5 Å². The minimum atomic E-state index is -0.414. The third-order valence-corrected chi connectivity index (χ3v) is 5.42. The summed E-state index contributed by atoms with van der Waals surface area (Å²) in [5, 5.41) is 11.6. The highest BCUT2D eigenvalue weighted by atomic mass is 19.1. The molecule has 2 heterocycles. The van der Waals surface area contributed by atoms with Crippen molar-refractivity contribution in [2.45, 2.75) is 37.8 Å². The summed E-state index contributed by atoms with van der Waals surface area (Å²) in [5.74, 6) is -0.272. The van der Waals surface area contributed by atoms with Crippen LogP contribution in [0.3, 0.4) is 0 Å². The Balaban J connectivity index is 0.000000913. The molecule has 1 amide bonds. The van der Waals surface area contributed by atoms with Gasteiger partial charge in [-0.1, -0.05) is 36.4 Å². The SMILES string of the molecule is NC(CC(=O)N1CCC[C@H]1c1ccn(-c2ccccc2)n1)Cc1ccccc1F.O=CO. The Morgan fingerprint density at radius 2 is 1.88 bits per heavy atom. The zero-order valence-electron chi connectivity index (χ0n) is 17.7. The van der Waals surface area contributed by atoms with Gasteiger partial charge in [0, 0.05) is 25.2 Å². The van der Waals surface area contributed by atoms with Crippen molar-refractivity contribution in [3.8, 4) is 5.69 Å². The molecular formula is C24H27FN4O3. The van der Waals surface area contributed by atoms with Crippen LogP contribution in [0, 0.1) is 5.82 Å². The highest BCUT2D eigenvalue weighted by Crippen LogP contribution is 2.32. The van der Waals surface area contributed by atoms with Crippen LogP contribution >= 0.6 is 0 Å². The Morgan fingerprint density at radius 1 is 1.19 bits per heavy atom. The normalized spacial score (nSPS) is 16.2. The first-order valence-electron chi connectivity index (χ1n) is 10.5. The van der Waals surface area contributed by atoms with Crippen LogP contribution in [0.1, 0.15) is 36.6 Å². The van der Waals surface area contributed by atoms with Crippen molar-refractivity contribution in [3.63, 3.8) is 0 Å². The van der Waals surface area contributed by atoms with Crippen molar-refractivity contribution in [2.75, 3.05) is 6.54 Å². The van der Waals surface area contributed by atoms with Gasteiger partial charge in [-0.3, -0.25) is 9.59 Å². The number of benzene rings is 2. The number of aromatic nitrogens is 2. The van der Waals surface area contributed by atoms with Gasteiger partial charge >= 0.3 is 0 Å². The van der Waals surface area contributed by atoms with Gasteiger partial charge in [-0.25, -0.2) is 9.07 Å². The number of carboxylic acid groups (broad SMARTS) is 1. The minimum absolute atomic E-state index is 0.00519. The molecule has 0 aliphatic carbocycles. The van der Waals surface area contributed by atoms with E-state index in [1.54, 1.807) is 18.2 Å². The summed E-state index contributed by atoms with van der Waals surface area (Å²) in [5.41, 5.74) is 8.60. The van der Waals surface area contributed by atoms with Crippen LogP contribution in [-0.2, 0) is 16.0 Å². The molecule has 7 nitrogen and oxygen atoms in total. The van der Waals surface area contributed by atoms with Crippen LogP contribution in [0.15, 0.2) is 66.9 Å². The molecule has 32 heavy (non-hydrogen) atoms. The Morgan fingerprint density at radius 3 is 2.59 bits per heavy atom. The van der Waals surface area contributed by atoms with E-state index in [0.717, 1.165) is 24.2 Å². The molecule has 8 heteroatoms. The molecule has 1 saturated heterocycles. The summed E-state index contributed by atoms with van der Waals surface area (Å²) < 4.78 is 15.7. The molecule has 1 aliphatic heterocycles. The van der Waals surface area contributed by atoms with E-state index in [1.165, 1.54) is 6.07 Å². The van der Waals surface area contributed by atoms with Gasteiger partial charge in [0.1, 0.15) is 5.82 Å². The number of amides is 1. The molecule has 168 valence electrons. The number of nitrogens with zero attached hydrogens (tertiary/aromatic N) is 3. The third-order valence-electron chi connectivity index (χ3n) is 5.42. The van der Waals surface area contributed by atoms with Crippen LogP contribution in [0.5, 0.6) is 0 Å². The van der Waals surface area contributed by atoms with E-state index in [9.17, 15) is 9.18 Å². The summed E-state index contributed by atoms with van der Waals surface area (Å²) in [6, 6.07) is 18.0. The maximum absolute atomic E-state index is 13.9. The predicted molar refractivity (Wildman–Crippen MR) is 119 cm³/mol. The number of likely N-dealkylation sites (tertiary alicyclic amines) is 1. The van der Waals surface area contributed by atoms with Gasteiger partial charge < -0.3 is 15.7 Å². The second kappa shape index (κ2) is 11.2. The molecule has 0 radical (unpaired) electrons. The lowest BCUT2D eigenvalue weighted by Crippen LogP contribution is -2.36. The van der Waals surface area contributed by atoms with Crippen LogP contribution in [0.2, 0.25) is 0 Å². The number of rotatable bonds is 6. The fourth-order valence-corrected chi connectivity index (χ4v) is 3.97.